The van der Waals surface area contributed by atoms with E-state index in [2.05, 4.69) is 138 Å². The second kappa shape index (κ2) is 11.4. The van der Waals surface area contributed by atoms with Gasteiger partial charge in [0.25, 0.3) is 0 Å². The van der Waals surface area contributed by atoms with Crippen molar-refractivity contribution in [3.05, 3.63) is 170 Å². The van der Waals surface area contributed by atoms with Crippen molar-refractivity contribution in [1.82, 2.24) is 4.98 Å². The van der Waals surface area contributed by atoms with Gasteiger partial charge in [-0.3, -0.25) is 0 Å². The van der Waals surface area contributed by atoms with Crippen molar-refractivity contribution in [2.45, 2.75) is 0 Å². The highest BCUT2D eigenvalue weighted by Crippen LogP contribution is 2.46. The van der Waals surface area contributed by atoms with E-state index in [4.69, 9.17) is 13.8 Å². The highest BCUT2D eigenvalue weighted by Gasteiger charge is 2.21. The third-order valence-corrected chi connectivity index (χ3v) is 11.2. The molecule has 0 unspecified atom stereocenters. The van der Waals surface area contributed by atoms with Gasteiger partial charge in [0.2, 0.25) is 5.89 Å². The Morgan fingerprint density at radius 3 is 2.10 bits per heavy atom. The van der Waals surface area contributed by atoms with E-state index in [9.17, 15) is 0 Å². The summed E-state index contributed by atoms with van der Waals surface area (Å²) in [5.41, 5.74) is 9.69. The number of thiophene rings is 1. The molecular weight excluding hydrogens is 657 g/mol. The van der Waals surface area contributed by atoms with Crippen LogP contribution in [0.4, 0.5) is 17.1 Å². The first-order valence-electron chi connectivity index (χ1n) is 17.4. The predicted octanol–water partition coefficient (Wildman–Crippen LogP) is 14.1. The Hall–Kier alpha value is -6.69. The molecule has 52 heavy (non-hydrogen) atoms. The molecule has 0 saturated carbocycles. The van der Waals surface area contributed by atoms with Crippen LogP contribution in [0.2, 0.25) is 0 Å². The van der Waals surface area contributed by atoms with E-state index in [1.165, 1.54) is 42.1 Å². The largest absolute Gasteiger partial charge is 0.456 e. The Balaban J connectivity index is 1.11. The number of furan rings is 1. The van der Waals surface area contributed by atoms with E-state index in [1.54, 1.807) is 0 Å². The van der Waals surface area contributed by atoms with E-state index < -0.39 is 0 Å². The fourth-order valence-electron chi connectivity index (χ4n) is 7.67. The highest BCUT2D eigenvalue weighted by molar-refractivity contribution is 7.26. The number of aromatic nitrogens is 1. The maximum atomic E-state index is 6.43. The van der Waals surface area contributed by atoms with Gasteiger partial charge in [0, 0.05) is 53.9 Å². The van der Waals surface area contributed by atoms with Gasteiger partial charge < -0.3 is 13.7 Å². The van der Waals surface area contributed by atoms with Crippen molar-refractivity contribution < 1.29 is 8.83 Å². The zero-order valence-corrected chi connectivity index (χ0v) is 28.6. The Morgan fingerprint density at radius 1 is 0.462 bits per heavy atom. The molecule has 0 spiro atoms. The summed E-state index contributed by atoms with van der Waals surface area (Å²) in [6.45, 7) is 0. The van der Waals surface area contributed by atoms with Gasteiger partial charge in [0.15, 0.2) is 5.58 Å². The van der Waals surface area contributed by atoms with Crippen molar-refractivity contribution in [3.63, 3.8) is 0 Å². The van der Waals surface area contributed by atoms with Crippen molar-refractivity contribution >= 4 is 92.4 Å². The van der Waals surface area contributed by atoms with Crippen LogP contribution >= 0.6 is 11.3 Å². The molecule has 5 heteroatoms. The monoisotopic (exact) mass is 684 g/mol. The molecule has 0 aliphatic heterocycles. The molecule has 0 bridgehead atoms. The van der Waals surface area contributed by atoms with Crippen LogP contribution in [0.1, 0.15) is 0 Å². The molecule has 0 saturated heterocycles. The lowest BCUT2D eigenvalue weighted by Crippen LogP contribution is -2.10. The van der Waals surface area contributed by atoms with Gasteiger partial charge in [0.05, 0.1) is 5.69 Å². The van der Waals surface area contributed by atoms with Crippen LogP contribution in [-0.4, -0.2) is 4.98 Å². The van der Waals surface area contributed by atoms with Gasteiger partial charge in [0.1, 0.15) is 16.7 Å². The summed E-state index contributed by atoms with van der Waals surface area (Å²) >= 11 is 1.83. The summed E-state index contributed by atoms with van der Waals surface area (Å²) in [5.74, 6) is 0.599. The molecule has 4 nitrogen and oxygen atoms in total. The molecular formula is C47H28N2O2S. The second-order valence-electron chi connectivity index (χ2n) is 13.1. The molecule has 0 amide bonds. The average Bonchev–Trinajstić information content (AvgIpc) is 3.90. The topological polar surface area (TPSA) is 42.4 Å². The number of nitrogens with zero attached hydrogens (tertiary/aromatic N) is 2. The molecule has 11 aromatic rings. The third kappa shape index (κ3) is 4.57. The summed E-state index contributed by atoms with van der Waals surface area (Å²) in [4.78, 5) is 7.25. The van der Waals surface area contributed by atoms with Crippen molar-refractivity contribution in [2.75, 3.05) is 4.90 Å². The molecule has 0 atom stereocenters. The van der Waals surface area contributed by atoms with Gasteiger partial charge >= 0.3 is 0 Å². The quantitative estimate of drug-likeness (QED) is 0.181. The second-order valence-corrected chi connectivity index (χ2v) is 14.2. The number of oxazole rings is 1. The van der Waals surface area contributed by atoms with Crippen molar-refractivity contribution in [2.24, 2.45) is 0 Å². The van der Waals surface area contributed by atoms with Crippen LogP contribution in [0.15, 0.2) is 179 Å². The van der Waals surface area contributed by atoms with Gasteiger partial charge in [-0.2, -0.15) is 0 Å². The van der Waals surface area contributed by atoms with E-state index in [-0.39, 0.29) is 0 Å². The van der Waals surface area contributed by atoms with Crippen LogP contribution in [0, 0.1) is 0 Å². The Kier molecular flexibility index (Phi) is 6.39. The van der Waals surface area contributed by atoms with Crippen molar-refractivity contribution in [1.29, 1.82) is 0 Å². The predicted molar refractivity (Wildman–Crippen MR) is 217 cm³/mol. The molecule has 244 valence electrons. The number of fused-ring (bicyclic) bond motifs is 8. The zero-order valence-electron chi connectivity index (χ0n) is 27.8. The van der Waals surface area contributed by atoms with Gasteiger partial charge in [-0.25, -0.2) is 4.98 Å². The minimum Gasteiger partial charge on any atom is -0.456 e. The molecule has 3 heterocycles. The van der Waals surface area contributed by atoms with Crippen LogP contribution in [0.5, 0.6) is 0 Å². The third-order valence-electron chi connectivity index (χ3n) is 10.1. The Labute approximate surface area is 302 Å². The van der Waals surface area contributed by atoms with Gasteiger partial charge in [-0.1, -0.05) is 97.1 Å². The SMILES string of the molecule is c1ccc(-c2nc3cc4c(cc3o2)oc2ccc(N(c3ccc(-c5cccc6ccccc56)cc3)c3cccc5sc6ccccc6c35)cc24)cc1. The smallest absolute Gasteiger partial charge is 0.227 e. The minimum absolute atomic E-state index is 0.599. The first-order chi connectivity index (χ1) is 25.7. The lowest BCUT2D eigenvalue weighted by Gasteiger charge is -2.27. The number of hydrogen-bond donors (Lipinski definition) is 0. The molecule has 11 rings (SSSR count). The summed E-state index contributed by atoms with van der Waals surface area (Å²) in [6, 6.07) is 59.9. The fraction of sp³-hybridized carbons (Fsp3) is 0. The van der Waals surface area contributed by atoms with Crippen LogP contribution < -0.4 is 4.90 Å². The molecule has 0 aliphatic rings. The van der Waals surface area contributed by atoms with Crippen LogP contribution in [0.25, 0.3) is 86.6 Å². The maximum Gasteiger partial charge on any atom is 0.227 e. The Morgan fingerprint density at radius 2 is 1.19 bits per heavy atom. The molecule has 0 N–H and O–H groups in total. The maximum absolute atomic E-state index is 6.43. The molecule has 8 aromatic carbocycles. The molecule has 0 aliphatic carbocycles. The zero-order chi connectivity index (χ0) is 34.2. The normalized spacial score (nSPS) is 11.8. The summed E-state index contributed by atoms with van der Waals surface area (Å²) in [5, 5.41) is 7.02. The minimum atomic E-state index is 0.599. The first-order valence-corrected chi connectivity index (χ1v) is 18.2. The van der Waals surface area contributed by atoms with Crippen LogP contribution in [0.3, 0.4) is 0 Å². The molecule has 0 fully saturated rings. The number of benzene rings is 8. The summed E-state index contributed by atoms with van der Waals surface area (Å²) in [6.07, 6.45) is 0. The average molecular weight is 685 g/mol. The van der Waals surface area contributed by atoms with E-state index >= 15 is 0 Å². The number of rotatable bonds is 5. The van der Waals surface area contributed by atoms with Gasteiger partial charge in [-0.15, -0.1) is 11.3 Å². The molecule has 3 aromatic heterocycles. The van der Waals surface area contributed by atoms with Crippen LogP contribution in [-0.2, 0) is 0 Å². The fourth-order valence-corrected chi connectivity index (χ4v) is 8.79. The highest BCUT2D eigenvalue weighted by atomic mass is 32.1. The van der Waals surface area contributed by atoms with Crippen molar-refractivity contribution in [3.8, 4) is 22.6 Å². The first kappa shape index (κ1) is 29.1. The van der Waals surface area contributed by atoms with E-state index in [0.29, 0.717) is 11.5 Å². The van der Waals surface area contributed by atoms with Gasteiger partial charge in [-0.05, 0) is 88.6 Å². The lowest BCUT2D eigenvalue weighted by atomic mass is 9.98. The lowest BCUT2D eigenvalue weighted by molar-refractivity contribution is 0.617. The number of anilines is 3. The Bertz CT molecular complexity index is 3130. The number of hydrogen-bond acceptors (Lipinski definition) is 5. The van der Waals surface area contributed by atoms with E-state index in [0.717, 1.165) is 50.1 Å². The van der Waals surface area contributed by atoms with E-state index in [1.807, 2.05) is 47.7 Å². The molecule has 0 radical (unpaired) electrons. The standard InChI is InChI=1S/C47H28N2O2S/c1-2-11-31(12-3-1)47-48-39-27-38-37-26-33(24-25-41(37)50-42(38)28-43(39)51-47)49(40-17-9-19-45-46(40)36-15-6-7-18-44(36)52-45)32-22-20-30(21-23-32)35-16-8-13-29-10-4-5-14-34(29)35/h1-28H. The summed E-state index contributed by atoms with van der Waals surface area (Å²) < 4.78 is 15.2. The summed E-state index contributed by atoms with van der Waals surface area (Å²) in [7, 11) is 0.